The van der Waals surface area contributed by atoms with Crippen molar-refractivity contribution in [1.29, 1.82) is 0 Å². The van der Waals surface area contributed by atoms with Crippen molar-refractivity contribution in [3.63, 3.8) is 0 Å². The van der Waals surface area contributed by atoms with E-state index in [4.69, 9.17) is 24.2 Å². The van der Waals surface area contributed by atoms with E-state index in [1.54, 1.807) is 24.4 Å². The monoisotopic (exact) mass is 770 g/mol. The molecule has 11 heteroatoms. The molecule has 55 heavy (non-hydrogen) atoms. The molecule has 2 aliphatic rings. The second-order valence-corrected chi connectivity index (χ2v) is 22.8. The Hall–Kier alpha value is -4.27. The lowest BCUT2D eigenvalue weighted by Crippen LogP contribution is -2.57. The number of nitrogens with zero attached hydrogens (tertiary/aromatic N) is 4. The SMILES string of the molecule is COCOc1cc(-c2ncc3c(N4CC5CCC(C4)N5C(=O)OC(C)(C)C)nc(C)c(C)c3c2F)c2c(C#C[Si](C(C)C)(C(C)C)C(C)C)ccc(F)c2c1. The first-order valence-corrected chi connectivity index (χ1v) is 21.8. The van der Waals surface area contributed by atoms with E-state index in [1.807, 2.05) is 39.5 Å². The summed E-state index contributed by atoms with van der Waals surface area (Å²) in [5.74, 6) is 3.48. The van der Waals surface area contributed by atoms with Crippen molar-refractivity contribution in [2.75, 3.05) is 31.9 Å². The number of aryl methyl sites for hydroxylation is 2. The molecular formula is C44H56F2N4O4Si. The zero-order valence-corrected chi connectivity index (χ0v) is 35.5. The van der Waals surface area contributed by atoms with Gasteiger partial charge in [-0.15, -0.1) is 5.54 Å². The highest BCUT2D eigenvalue weighted by Crippen LogP contribution is 2.43. The quantitative estimate of drug-likeness (QED) is 0.100. The first kappa shape index (κ1) is 40.4. The van der Waals surface area contributed by atoms with Gasteiger partial charge in [-0.2, -0.15) is 0 Å². The summed E-state index contributed by atoms with van der Waals surface area (Å²) in [6, 6.07) is 6.35. The van der Waals surface area contributed by atoms with Gasteiger partial charge in [0.05, 0.1) is 12.1 Å². The number of aromatic nitrogens is 2. The van der Waals surface area contributed by atoms with Crippen LogP contribution in [0.25, 0.3) is 32.8 Å². The van der Waals surface area contributed by atoms with Crippen LogP contribution in [0.2, 0.25) is 16.6 Å². The molecule has 0 radical (unpaired) electrons. The summed E-state index contributed by atoms with van der Waals surface area (Å²) >= 11 is 0. The van der Waals surface area contributed by atoms with Crippen LogP contribution < -0.4 is 9.64 Å². The lowest BCUT2D eigenvalue weighted by molar-refractivity contribution is 0.0123. The van der Waals surface area contributed by atoms with Gasteiger partial charge in [-0.1, -0.05) is 47.5 Å². The molecule has 6 rings (SSSR count). The molecule has 2 aromatic carbocycles. The fourth-order valence-corrected chi connectivity index (χ4v) is 14.4. The molecule has 0 N–H and O–H groups in total. The molecule has 2 aliphatic heterocycles. The highest BCUT2D eigenvalue weighted by Gasteiger charge is 2.45. The van der Waals surface area contributed by atoms with Crippen LogP contribution in [0.1, 0.15) is 92.0 Å². The van der Waals surface area contributed by atoms with Gasteiger partial charge in [0.15, 0.2) is 12.6 Å². The molecule has 1 amide bonds. The second kappa shape index (κ2) is 15.3. The minimum Gasteiger partial charge on any atom is -0.468 e. The largest absolute Gasteiger partial charge is 0.468 e. The van der Waals surface area contributed by atoms with Crippen LogP contribution in [-0.4, -0.2) is 73.7 Å². The number of methoxy groups -OCH3 is 1. The molecule has 4 heterocycles. The number of fused-ring (bicyclic) bond motifs is 4. The Morgan fingerprint density at radius 1 is 0.964 bits per heavy atom. The Kier molecular flexibility index (Phi) is 11.3. The Morgan fingerprint density at radius 3 is 2.18 bits per heavy atom. The normalized spacial score (nSPS) is 17.5. The summed E-state index contributed by atoms with van der Waals surface area (Å²) in [6.45, 7) is 23.9. The van der Waals surface area contributed by atoms with Crippen LogP contribution in [0, 0.1) is 36.9 Å². The van der Waals surface area contributed by atoms with Crippen LogP contribution in [0.4, 0.5) is 19.4 Å². The van der Waals surface area contributed by atoms with E-state index in [0.29, 0.717) is 79.8 Å². The molecule has 2 atom stereocenters. The van der Waals surface area contributed by atoms with E-state index < -0.39 is 25.3 Å². The number of ether oxygens (including phenoxy) is 3. The van der Waals surface area contributed by atoms with Gasteiger partial charge >= 0.3 is 6.09 Å². The molecular weight excluding hydrogens is 715 g/mol. The van der Waals surface area contributed by atoms with Crippen molar-refractivity contribution < 1.29 is 27.8 Å². The Bertz CT molecular complexity index is 2150. The number of carbonyl (C=O) groups excluding carboxylic acids is 1. The van der Waals surface area contributed by atoms with E-state index in [0.717, 1.165) is 12.8 Å². The van der Waals surface area contributed by atoms with Gasteiger partial charge < -0.3 is 19.1 Å². The molecule has 0 aliphatic carbocycles. The topological polar surface area (TPSA) is 77.0 Å². The predicted octanol–water partition coefficient (Wildman–Crippen LogP) is 10.5. The average Bonchev–Trinajstić information content (AvgIpc) is 3.38. The number of anilines is 1. The molecule has 4 aromatic rings. The average molecular weight is 771 g/mol. The van der Waals surface area contributed by atoms with Gasteiger partial charge in [-0.05, 0) is 93.9 Å². The summed E-state index contributed by atoms with van der Waals surface area (Å²) in [5, 5.41) is 1.74. The van der Waals surface area contributed by atoms with Gasteiger partial charge in [0.1, 0.15) is 36.8 Å². The van der Waals surface area contributed by atoms with Gasteiger partial charge in [0, 0.05) is 64.8 Å². The minimum atomic E-state index is -2.17. The summed E-state index contributed by atoms with van der Waals surface area (Å²) in [5.41, 5.74) is 6.83. The number of pyridine rings is 2. The van der Waals surface area contributed by atoms with Crippen molar-refractivity contribution in [2.24, 2.45) is 0 Å². The Morgan fingerprint density at radius 2 is 1.60 bits per heavy atom. The van der Waals surface area contributed by atoms with Gasteiger partial charge in [-0.3, -0.25) is 9.88 Å². The van der Waals surface area contributed by atoms with Gasteiger partial charge in [0.25, 0.3) is 0 Å². The van der Waals surface area contributed by atoms with Crippen LogP contribution in [0.3, 0.4) is 0 Å². The fourth-order valence-electron chi connectivity index (χ4n) is 9.16. The predicted molar refractivity (Wildman–Crippen MR) is 219 cm³/mol. The van der Waals surface area contributed by atoms with E-state index in [9.17, 15) is 4.79 Å². The number of halogens is 2. The number of amides is 1. The molecule has 2 aromatic heterocycles. The van der Waals surface area contributed by atoms with Crippen molar-refractivity contribution in [2.45, 2.75) is 123 Å². The molecule has 294 valence electrons. The third-order valence-electron chi connectivity index (χ3n) is 11.8. The summed E-state index contributed by atoms with van der Waals surface area (Å²) < 4.78 is 50.2. The minimum absolute atomic E-state index is 0.0522. The maximum absolute atomic E-state index is 17.5. The lowest BCUT2D eigenvalue weighted by atomic mass is 9.94. The van der Waals surface area contributed by atoms with E-state index in [2.05, 4.69) is 57.9 Å². The molecule has 2 saturated heterocycles. The molecule has 2 bridgehead atoms. The number of benzene rings is 2. The Labute approximate surface area is 326 Å². The van der Waals surface area contributed by atoms with Crippen molar-refractivity contribution in [3.8, 4) is 28.5 Å². The molecule has 0 spiro atoms. The second-order valence-electron chi connectivity index (χ2n) is 17.2. The summed E-state index contributed by atoms with van der Waals surface area (Å²) in [7, 11) is -0.665. The van der Waals surface area contributed by atoms with Crippen LogP contribution in [0.5, 0.6) is 5.75 Å². The van der Waals surface area contributed by atoms with Gasteiger partial charge in [0.2, 0.25) is 0 Å². The first-order valence-electron chi connectivity index (χ1n) is 19.5. The molecule has 2 fully saturated rings. The van der Waals surface area contributed by atoms with Crippen LogP contribution >= 0.6 is 0 Å². The highest BCUT2D eigenvalue weighted by molar-refractivity contribution is 6.90. The fraction of sp³-hybridized carbons (Fsp3) is 0.523. The maximum atomic E-state index is 17.5. The third kappa shape index (κ3) is 7.40. The summed E-state index contributed by atoms with van der Waals surface area (Å²) in [4.78, 5) is 27.0. The zero-order valence-electron chi connectivity index (χ0n) is 34.5. The van der Waals surface area contributed by atoms with Crippen molar-refractivity contribution in [1.82, 2.24) is 14.9 Å². The number of hydrogen-bond donors (Lipinski definition) is 0. The number of carbonyl (C=O) groups is 1. The van der Waals surface area contributed by atoms with E-state index in [1.165, 1.54) is 13.2 Å². The van der Waals surface area contributed by atoms with E-state index >= 15 is 8.78 Å². The first-order chi connectivity index (χ1) is 25.9. The summed E-state index contributed by atoms with van der Waals surface area (Å²) in [6.07, 6.45) is 3.08. The number of hydrogen-bond acceptors (Lipinski definition) is 7. The standard InChI is InChI=1S/C44H56F2N4O4Si/c1-25(2)55(26(3)4,27(5)6)18-17-30-13-16-37(45)34-19-33(53-24-52-12)20-35(39(30)34)41-40(46)38-28(7)29(8)48-42(36(38)21-47-41)49-22-31-14-15-32(23-49)50(31)43(51)54-44(9,10)11/h13,16,19-21,25-27,31-32H,14-15,22-24H2,1-12H3. The maximum Gasteiger partial charge on any atom is 0.410 e. The molecule has 0 saturated carbocycles. The third-order valence-corrected chi connectivity index (χ3v) is 18.0. The van der Waals surface area contributed by atoms with Crippen LogP contribution in [0.15, 0.2) is 30.5 Å². The lowest BCUT2D eigenvalue weighted by Gasteiger charge is -2.42. The van der Waals surface area contributed by atoms with E-state index in [-0.39, 0.29) is 36.1 Å². The molecule has 2 unspecified atom stereocenters. The van der Waals surface area contributed by atoms with Gasteiger partial charge in [-0.25, -0.2) is 18.6 Å². The van der Waals surface area contributed by atoms with Crippen molar-refractivity contribution in [3.05, 3.63) is 58.9 Å². The Balaban J connectivity index is 1.53. The highest BCUT2D eigenvalue weighted by atomic mass is 28.3. The van der Waals surface area contributed by atoms with Crippen molar-refractivity contribution >= 4 is 41.5 Å². The number of rotatable bonds is 8. The van der Waals surface area contributed by atoms with Crippen LogP contribution in [-0.2, 0) is 9.47 Å². The smallest absolute Gasteiger partial charge is 0.410 e. The zero-order chi connectivity index (χ0) is 40.1. The molecule has 8 nitrogen and oxygen atoms in total. The number of piperazine rings is 1.